The number of benzene rings is 3. The van der Waals surface area contributed by atoms with E-state index in [0.717, 1.165) is 12.8 Å². The summed E-state index contributed by atoms with van der Waals surface area (Å²) in [6.07, 6.45) is 4.57. The standard InChI is InChI=1S/C29H33N2/c1-5-21-29(7-3)28(4,6-2)24-18-12-11-17-23(24)27-30(22-15-9-8-10-16-22)25-19-13-14-20-26(25)31(27)29/h8-20H,5-7,21H2,1-4H3/q+1. The van der Waals surface area contributed by atoms with E-state index in [1.165, 1.54) is 46.5 Å². The lowest BCUT2D eigenvalue weighted by atomic mass is 9.59. The minimum absolute atomic E-state index is 0.0276. The van der Waals surface area contributed by atoms with E-state index in [9.17, 15) is 0 Å². The topological polar surface area (TPSA) is 8.81 Å². The Hall–Kier alpha value is -2.87. The minimum Gasteiger partial charge on any atom is -0.216 e. The highest BCUT2D eigenvalue weighted by molar-refractivity contribution is 5.81. The average Bonchev–Trinajstić information content (AvgIpc) is 3.18. The number of hydrogen-bond donors (Lipinski definition) is 0. The number of fused-ring (bicyclic) bond motifs is 5. The van der Waals surface area contributed by atoms with Gasteiger partial charge in [-0.05, 0) is 55.2 Å². The quantitative estimate of drug-likeness (QED) is 0.309. The zero-order valence-corrected chi connectivity index (χ0v) is 19.2. The number of para-hydroxylation sites is 3. The summed E-state index contributed by atoms with van der Waals surface area (Å²) in [6.45, 7) is 9.61. The average molecular weight is 410 g/mol. The molecule has 1 aliphatic heterocycles. The maximum Gasteiger partial charge on any atom is 0.295 e. The molecular formula is C29H33N2+. The lowest BCUT2D eigenvalue weighted by Gasteiger charge is -2.50. The summed E-state index contributed by atoms with van der Waals surface area (Å²) in [6, 6.07) is 29.0. The fraction of sp³-hybridized carbons (Fsp3) is 0.345. The molecule has 158 valence electrons. The highest BCUT2D eigenvalue weighted by Crippen LogP contribution is 2.53. The van der Waals surface area contributed by atoms with Gasteiger partial charge in [-0.15, -0.1) is 0 Å². The van der Waals surface area contributed by atoms with Crippen molar-refractivity contribution >= 4 is 11.0 Å². The number of imidazole rings is 1. The van der Waals surface area contributed by atoms with Crippen molar-refractivity contribution in [3.8, 4) is 17.1 Å². The molecule has 2 heteroatoms. The molecule has 0 saturated heterocycles. The van der Waals surface area contributed by atoms with Crippen LogP contribution >= 0.6 is 0 Å². The molecule has 1 aliphatic rings. The molecule has 3 aromatic carbocycles. The largest absolute Gasteiger partial charge is 0.295 e. The zero-order chi connectivity index (χ0) is 21.6. The van der Waals surface area contributed by atoms with Crippen LogP contribution in [0.3, 0.4) is 0 Å². The summed E-state index contributed by atoms with van der Waals surface area (Å²) in [5, 5.41) is 0. The number of aromatic nitrogens is 2. The van der Waals surface area contributed by atoms with Crippen LogP contribution in [0.1, 0.15) is 58.9 Å². The van der Waals surface area contributed by atoms with E-state index in [4.69, 9.17) is 0 Å². The summed E-state index contributed by atoms with van der Waals surface area (Å²) < 4.78 is 5.22. The third-order valence-electron chi connectivity index (χ3n) is 7.97. The molecule has 0 radical (unpaired) electrons. The molecule has 0 fully saturated rings. The van der Waals surface area contributed by atoms with Gasteiger partial charge >= 0.3 is 0 Å². The third kappa shape index (κ3) is 2.54. The van der Waals surface area contributed by atoms with Gasteiger partial charge < -0.3 is 0 Å². The Labute approximate surface area is 186 Å². The van der Waals surface area contributed by atoms with Gasteiger partial charge in [0.25, 0.3) is 5.82 Å². The van der Waals surface area contributed by atoms with Crippen LogP contribution in [-0.2, 0) is 11.0 Å². The van der Waals surface area contributed by atoms with Crippen LogP contribution in [0.5, 0.6) is 0 Å². The molecule has 2 heterocycles. The van der Waals surface area contributed by atoms with Crippen molar-refractivity contribution in [2.45, 2.75) is 64.3 Å². The molecule has 31 heavy (non-hydrogen) atoms. The van der Waals surface area contributed by atoms with Gasteiger partial charge in [0.1, 0.15) is 11.2 Å². The van der Waals surface area contributed by atoms with E-state index >= 15 is 0 Å². The van der Waals surface area contributed by atoms with Crippen LogP contribution in [0.15, 0.2) is 78.9 Å². The molecule has 0 spiro atoms. The summed E-state index contributed by atoms with van der Waals surface area (Å²) >= 11 is 0. The summed E-state index contributed by atoms with van der Waals surface area (Å²) in [5.41, 5.74) is 6.81. The van der Waals surface area contributed by atoms with E-state index in [0.29, 0.717) is 0 Å². The first-order valence-electron chi connectivity index (χ1n) is 11.8. The zero-order valence-electron chi connectivity index (χ0n) is 19.2. The van der Waals surface area contributed by atoms with Gasteiger partial charge in [0, 0.05) is 5.41 Å². The van der Waals surface area contributed by atoms with Gasteiger partial charge in [-0.3, -0.25) is 0 Å². The molecular weight excluding hydrogens is 376 g/mol. The normalized spacial score (nSPS) is 22.3. The Balaban J connectivity index is 2.03. The van der Waals surface area contributed by atoms with E-state index in [-0.39, 0.29) is 11.0 Å². The summed E-state index contributed by atoms with van der Waals surface area (Å²) in [4.78, 5) is 0. The van der Waals surface area contributed by atoms with E-state index < -0.39 is 0 Å². The van der Waals surface area contributed by atoms with Crippen LogP contribution in [-0.4, -0.2) is 4.57 Å². The van der Waals surface area contributed by atoms with Crippen LogP contribution in [0.25, 0.3) is 28.1 Å². The van der Waals surface area contributed by atoms with Crippen molar-refractivity contribution in [3.05, 3.63) is 84.4 Å². The first-order valence-corrected chi connectivity index (χ1v) is 11.8. The van der Waals surface area contributed by atoms with Crippen molar-refractivity contribution in [3.63, 3.8) is 0 Å². The second-order valence-corrected chi connectivity index (χ2v) is 9.19. The Morgan fingerprint density at radius 3 is 2.16 bits per heavy atom. The van der Waals surface area contributed by atoms with Gasteiger partial charge in [0.05, 0.1) is 5.56 Å². The molecule has 0 N–H and O–H groups in total. The van der Waals surface area contributed by atoms with Crippen molar-refractivity contribution in [2.24, 2.45) is 0 Å². The number of nitrogens with zero attached hydrogens (tertiary/aromatic N) is 2. The number of hydrogen-bond acceptors (Lipinski definition) is 0. The highest BCUT2D eigenvalue weighted by atomic mass is 15.2. The molecule has 2 nitrogen and oxygen atoms in total. The number of rotatable bonds is 5. The Morgan fingerprint density at radius 2 is 1.45 bits per heavy atom. The SMILES string of the molecule is CCCC1(CC)[n+]2c(n(-c3ccccc3)c3ccccc32)-c2ccccc2C1(C)CC. The fourth-order valence-electron chi connectivity index (χ4n) is 6.39. The first-order chi connectivity index (χ1) is 15.1. The van der Waals surface area contributed by atoms with Crippen LogP contribution in [0.2, 0.25) is 0 Å². The minimum atomic E-state index is 0.0276. The summed E-state index contributed by atoms with van der Waals surface area (Å²) in [7, 11) is 0. The van der Waals surface area contributed by atoms with E-state index in [1.807, 2.05) is 0 Å². The molecule has 2 atom stereocenters. The van der Waals surface area contributed by atoms with Crippen molar-refractivity contribution < 1.29 is 4.57 Å². The Bertz CT molecular complexity index is 1240. The second kappa shape index (κ2) is 7.37. The predicted octanol–water partition coefficient (Wildman–Crippen LogP) is 7.17. The Morgan fingerprint density at radius 1 is 0.774 bits per heavy atom. The molecule has 0 saturated carbocycles. The predicted molar refractivity (Wildman–Crippen MR) is 130 cm³/mol. The summed E-state index contributed by atoms with van der Waals surface area (Å²) in [5.74, 6) is 1.32. The van der Waals surface area contributed by atoms with Gasteiger partial charge in [-0.2, -0.15) is 4.57 Å². The molecule has 2 unspecified atom stereocenters. The van der Waals surface area contributed by atoms with Crippen LogP contribution in [0, 0.1) is 0 Å². The lowest BCUT2D eigenvalue weighted by molar-refractivity contribution is -0.748. The molecule has 4 aromatic rings. The highest BCUT2D eigenvalue weighted by Gasteiger charge is 2.58. The van der Waals surface area contributed by atoms with Gasteiger partial charge in [0.2, 0.25) is 0 Å². The van der Waals surface area contributed by atoms with Gasteiger partial charge in [-0.25, -0.2) is 4.57 Å². The molecule has 0 amide bonds. The van der Waals surface area contributed by atoms with Gasteiger partial charge in [0.15, 0.2) is 11.0 Å². The smallest absolute Gasteiger partial charge is 0.216 e. The fourth-order valence-corrected chi connectivity index (χ4v) is 6.39. The maximum absolute atomic E-state index is 2.73. The van der Waals surface area contributed by atoms with Crippen molar-refractivity contribution in [1.82, 2.24) is 4.57 Å². The molecule has 5 rings (SSSR count). The van der Waals surface area contributed by atoms with Crippen LogP contribution in [0.4, 0.5) is 0 Å². The molecule has 0 bridgehead atoms. The molecule has 0 aliphatic carbocycles. The first kappa shape index (κ1) is 20.1. The second-order valence-electron chi connectivity index (χ2n) is 9.19. The van der Waals surface area contributed by atoms with Crippen LogP contribution < -0.4 is 4.57 Å². The van der Waals surface area contributed by atoms with Crippen molar-refractivity contribution in [1.29, 1.82) is 0 Å². The lowest BCUT2D eigenvalue weighted by Crippen LogP contribution is -2.69. The van der Waals surface area contributed by atoms with Crippen molar-refractivity contribution in [2.75, 3.05) is 0 Å². The maximum atomic E-state index is 2.73. The molecule has 1 aromatic heterocycles. The van der Waals surface area contributed by atoms with E-state index in [1.54, 1.807) is 0 Å². The monoisotopic (exact) mass is 409 g/mol. The Kier molecular flexibility index (Phi) is 4.77. The van der Waals surface area contributed by atoms with Gasteiger partial charge in [-0.1, -0.05) is 82.6 Å². The third-order valence-corrected chi connectivity index (χ3v) is 7.97. The van der Waals surface area contributed by atoms with E-state index in [2.05, 4.69) is 116 Å².